The van der Waals surface area contributed by atoms with Gasteiger partial charge in [0.25, 0.3) is 0 Å². The molecule has 0 nitrogen and oxygen atoms in total. The van der Waals surface area contributed by atoms with Crippen molar-refractivity contribution >= 4 is 0 Å². The van der Waals surface area contributed by atoms with Crippen molar-refractivity contribution in [2.75, 3.05) is 0 Å². The zero-order chi connectivity index (χ0) is 6.91. The minimum atomic E-state index is 0. The monoisotopic (exact) mass is 492 g/mol. The normalized spacial score (nSPS) is 23.7. The molecule has 1 aliphatic carbocycles. The molecule has 0 bridgehead atoms. The van der Waals surface area contributed by atoms with Crippen molar-refractivity contribution in [1.29, 1.82) is 0 Å². The van der Waals surface area contributed by atoms with Crippen LogP contribution in [0.25, 0.3) is 0 Å². The molecular weight excluding hydrogens is 476 g/mol. The van der Waals surface area contributed by atoms with Gasteiger partial charge in [-0.1, -0.05) is 26.2 Å². The van der Waals surface area contributed by atoms with Crippen molar-refractivity contribution in [3.63, 3.8) is 0 Å². The van der Waals surface area contributed by atoms with Gasteiger partial charge in [0, 0.05) is 21.1 Å². The van der Waals surface area contributed by atoms with Crippen LogP contribution in [0.4, 0.5) is 0 Å². The van der Waals surface area contributed by atoms with Gasteiger partial charge in [-0.2, -0.15) is 5.92 Å². The van der Waals surface area contributed by atoms with Crippen molar-refractivity contribution in [2.24, 2.45) is 11.3 Å². The molecule has 1 saturated carbocycles. The molecule has 0 spiro atoms. The number of rotatable bonds is 0. The summed E-state index contributed by atoms with van der Waals surface area (Å²) in [5.41, 5.74) is 0.493. The molecular formula is C9H16W2. The first-order valence-corrected chi connectivity index (χ1v) is 3.76. The van der Waals surface area contributed by atoms with Gasteiger partial charge in [-0.05, 0) is 0 Å². The Morgan fingerprint density at radius 1 is 1.27 bits per heavy atom. The summed E-state index contributed by atoms with van der Waals surface area (Å²) >= 11 is 0. The van der Waals surface area contributed by atoms with E-state index in [0.717, 1.165) is 5.92 Å². The quantitative estimate of drug-likeness (QED) is 0.457. The molecule has 0 amide bonds. The third-order valence-electron chi connectivity index (χ3n) is 2.12. The van der Waals surface area contributed by atoms with E-state index in [9.17, 15) is 0 Å². The van der Waals surface area contributed by atoms with E-state index in [1.165, 1.54) is 12.8 Å². The van der Waals surface area contributed by atoms with Gasteiger partial charge in [0.05, 0.1) is 0 Å². The van der Waals surface area contributed by atoms with Gasteiger partial charge in [-0.15, -0.1) is 0 Å². The van der Waals surface area contributed by atoms with E-state index in [4.69, 9.17) is 0 Å². The van der Waals surface area contributed by atoms with E-state index < -0.39 is 0 Å². The maximum atomic E-state index is 2.43. The number of hydrogen-bond donors (Lipinski definition) is 0. The summed E-state index contributed by atoms with van der Waals surface area (Å²) in [6, 6.07) is 0. The fourth-order valence-corrected chi connectivity index (χ4v) is 1.34. The average Bonchev–Trinajstić information content (AvgIpc) is 2.08. The molecule has 0 aliphatic heterocycles. The standard InChI is InChI=1S/C9H16.2W/c1-9(2,3)8-6-4-5-7-8;;/h4,7-8H,5-6H2,1-3H3;;/q-2;;+2. The van der Waals surface area contributed by atoms with Crippen molar-refractivity contribution < 1.29 is 42.1 Å². The largest absolute Gasteiger partial charge is 2.00 e. The van der Waals surface area contributed by atoms with Crippen LogP contribution in [0, 0.1) is 24.2 Å². The zero-order valence-corrected chi connectivity index (χ0v) is 13.3. The van der Waals surface area contributed by atoms with Gasteiger partial charge in [-0.3, -0.25) is 0 Å². The minimum absolute atomic E-state index is 0. The van der Waals surface area contributed by atoms with Gasteiger partial charge >= 0.3 is 21.1 Å². The topological polar surface area (TPSA) is 0 Å². The third kappa shape index (κ3) is 4.84. The van der Waals surface area contributed by atoms with E-state index in [2.05, 4.69) is 33.6 Å². The molecule has 1 aliphatic rings. The molecule has 0 aromatic rings. The Hall–Kier alpha value is 1.38. The van der Waals surface area contributed by atoms with Crippen molar-refractivity contribution in [3.05, 3.63) is 12.8 Å². The summed E-state index contributed by atoms with van der Waals surface area (Å²) in [6.45, 7) is 6.94. The maximum Gasteiger partial charge on any atom is 2.00 e. The van der Waals surface area contributed by atoms with Crippen LogP contribution in [0.3, 0.4) is 0 Å². The molecule has 0 aromatic heterocycles. The van der Waals surface area contributed by atoms with Crippen molar-refractivity contribution in [2.45, 2.75) is 33.6 Å². The second-order valence-electron chi connectivity index (χ2n) is 3.97. The molecule has 11 heavy (non-hydrogen) atoms. The fraction of sp³-hybridized carbons (Fsp3) is 0.778. The predicted octanol–water partition coefficient (Wildman–Crippen LogP) is 2.85. The molecule has 64 valence electrons. The Balaban J connectivity index is 0. The molecule has 0 radical (unpaired) electrons. The maximum absolute atomic E-state index is 2.43. The van der Waals surface area contributed by atoms with Crippen LogP contribution in [0.5, 0.6) is 0 Å². The molecule has 1 rings (SSSR count). The van der Waals surface area contributed by atoms with Gasteiger partial charge in [0.2, 0.25) is 0 Å². The predicted molar refractivity (Wildman–Crippen MR) is 40.8 cm³/mol. The fourth-order valence-electron chi connectivity index (χ4n) is 1.34. The first-order chi connectivity index (χ1) is 4.11. The first kappa shape index (κ1) is 14.9. The second kappa shape index (κ2) is 5.93. The SMILES string of the molecule is CC(C)(C)C1[CH-]C[CH-]C1.[W+2].[W]. The van der Waals surface area contributed by atoms with E-state index >= 15 is 0 Å². The summed E-state index contributed by atoms with van der Waals surface area (Å²) in [5.74, 6) is 0.831. The van der Waals surface area contributed by atoms with Crippen LogP contribution in [0.2, 0.25) is 0 Å². The molecule has 1 unspecified atom stereocenters. The van der Waals surface area contributed by atoms with Crippen LogP contribution < -0.4 is 0 Å². The van der Waals surface area contributed by atoms with E-state index in [-0.39, 0.29) is 42.1 Å². The molecule has 0 saturated heterocycles. The Kier molecular flexibility index (Phi) is 8.02. The Bertz CT molecular complexity index is 88.2. The molecule has 0 N–H and O–H groups in total. The zero-order valence-electron chi connectivity index (χ0n) is 7.46. The summed E-state index contributed by atoms with van der Waals surface area (Å²) in [6.07, 6.45) is 7.32. The van der Waals surface area contributed by atoms with Gasteiger partial charge < -0.3 is 19.3 Å². The van der Waals surface area contributed by atoms with E-state index in [1.54, 1.807) is 0 Å². The van der Waals surface area contributed by atoms with Crippen LogP contribution >= 0.6 is 0 Å². The number of hydrogen-bond acceptors (Lipinski definition) is 0. The Morgan fingerprint density at radius 2 is 1.82 bits per heavy atom. The first-order valence-electron chi connectivity index (χ1n) is 3.76. The average molecular weight is 492 g/mol. The summed E-state index contributed by atoms with van der Waals surface area (Å²) in [5, 5.41) is 0. The van der Waals surface area contributed by atoms with Crippen molar-refractivity contribution in [1.82, 2.24) is 0 Å². The third-order valence-corrected chi connectivity index (χ3v) is 2.12. The minimum Gasteiger partial charge on any atom is -0.359 e. The van der Waals surface area contributed by atoms with Crippen LogP contribution in [-0.2, 0) is 42.1 Å². The molecule has 0 aromatic carbocycles. The summed E-state index contributed by atoms with van der Waals surface area (Å²) in [7, 11) is 0. The molecule has 1 fully saturated rings. The van der Waals surface area contributed by atoms with Crippen LogP contribution in [0.1, 0.15) is 33.6 Å². The van der Waals surface area contributed by atoms with Gasteiger partial charge in [-0.25, -0.2) is 6.42 Å². The Labute approximate surface area is 99.4 Å². The van der Waals surface area contributed by atoms with Crippen LogP contribution in [-0.4, -0.2) is 0 Å². The van der Waals surface area contributed by atoms with Crippen molar-refractivity contribution in [3.8, 4) is 0 Å². The molecule has 0 heterocycles. The van der Waals surface area contributed by atoms with E-state index in [1.807, 2.05) is 0 Å². The molecule has 2 heteroatoms. The second-order valence-corrected chi connectivity index (χ2v) is 3.97. The summed E-state index contributed by atoms with van der Waals surface area (Å²) < 4.78 is 0. The molecule has 1 atom stereocenters. The summed E-state index contributed by atoms with van der Waals surface area (Å²) in [4.78, 5) is 0. The van der Waals surface area contributed by atoms with E-state index in [0.29, 0.717) is 5.41 Å². The smallest absolute Gasteiger partial charge is 0.359 e. The van der Waals surface area contributed by atoms with Crippen LogP contribution in [0.15, 0.2) is 0 Å². The van der Waals surface area contributed by atoms with Gasteiger partial charge in [0.15, 0.2) is 0 Å². The Morgan fingerprint density at radius 3 is 2.00 bits per heavy atom. The van der Waals surface area contributed by atoms with Gasteiger partial charge in [0.1, 0.15) is 0 Å².